The molecule has 6 heteroatoms. The maximum Gasteiger partial charge on any atom is 0.159 e. The van der Waals surface area contributed by atoms with E-state index in [1.807, 2.05) is 11.8 Å². The number of methoxy groups -OCH3 is 2. The van der Waals surface area contributed by atoms with Crippen LogP contribution in [0.3, 0.4) is 0 Å². The van der Waals surface area contributed by atoms with Crippen molar-refractivity contribution in [1.29, 1.82) is 0 Å². The molecule has 0 amide bonds. The highest BCUT2D eigenvalue weighted by Gasteiger charge is 2.36. The van der Waals surface area contributed by atoms with Crippen LogP contribution in [0.4, 0.5) is 0 Å². The molecule has 0 N–H and O–H groups in total. The number of thioether (sulfide) groups is 1. The molecule has 0 aromatic rings. The molecular formula is C10H17BrN2O2S. The molecule has 3 atom stereocenters. The number of ether oxygens (including phenoxy) is 2. The van der Waals surface area contributed by atoms with Crippen LogP contribution in [-0.2, 0) is 9.47 Å². The molecule has 1 saturated heterocycles. The van der Waals surface area contributed by atoms with Crippen molar-refractivity contribution in [2.45, 2.75) is 17.5 Å². The van der Waals surface area contributed by atoms with Crippen LogP contribution in [0, 0.1) is 0 Å². The van der Waals surface area contributed by atoms with E-state index in [0.29, 0.717) is 5.25 Å². The van der Waals surface area contributed by atoms with Crippen LogP contribution in [0.25, 0.3) is 0 Å². The van der Waals surface area contributed by atoms with E-state index in [0.717, 1.165) is 30.1 Å². The van der Waals surface area contributed by atoms with Crippen molar-refractivity contribution >= 4 is 32.9 Å². The number of hydrogen-bond donors (Lipinski definition) is 0. The number of halogens is 1. The summed E-state index contributed by atoms with van der Waals surface area (Å²) in [4.78, 5) is 6.85. The summed E-state index contributed by atoms with van der Waals surface area (Å²) in [7, 11) is 3.48. The third-order valence-corrected chi connectivity index (χ3v) is 5.42. The highest BCUT2D eigenvalue weighted by atomic mass is 79.9. The van der Waals surface area contributed by atoms with Gasteiger partial charge in [-0.2, -0.15) is 0 Å². The van der Waals surface area contributed by atoms with Gasteiger partial charge in [0.15, 0.2) is 5.17 Å². The van der Waals surface area contributed by atoms with Crippen molar-refractivity contribution in [3.63, 3.8) is 0 Å². The maximum absolute atomic E-state index is 5.42. The van der Waals surface area contributed by atoms with Gasteiger partial charge in [0.1, 0.15) is 12.2 Å². The Hall–Kier alpha value is 0.220. The van der Waals surface area contributed by atoms with E-state index in [-0.39, 0.29) is 12.2 Å². The fourth-order valence-corrected chi connectivity index (χ4v) is 3.57. The fraction of sp³-hybridized carbons (Fsp3) is 0.900. The Labute approximate surface area is 109 Å². The van der Waals surface area contributed by atoms with Crippen molar-refractivity contribution in [2.24, 2.45) is 4.99 Å². The minimum atomic E-state index is 0.163. The smallest absolute Gasteiger partial charge is 0.159 e. The second kappa shape index (κ2) is 5.71. The number of hydrogen-bond acceptors (Lipinski definition) is 5. The summed E-state index contributed by atoms with van der Waals surface area (Å²) in [6.07, 6.45) is 0.327. The molecular weight excluding hydrogens is 292 g/mol. The lowest BCUT2D eigenvalue weighted by Gasteiger charge is -2.17. The van der Waals surface area contributed by atoms with E-state index in [1.54, 1.807) is 14.2 Å². The Morgan fingerprint density at radius 2 is 2.00 bits per heavy atom. The predicted octanol–water partition coefficient (Wildman–Crippen LogP) is 1.20. The summed E-state index contributed by atoms with van der Waals surface area (Å²) in [5.74, 6) is 0. The molecule has 92 valence electrons. The lowest BCUT2D eigenvalue weighted by Crippen LogP contribution is -2.27. The highest BCUT2D eigenvalue weighted by molar-refractivity contribution is 9.09. The van der Waals surface area contributed by atoms with Gasteiger partial charge in [0.25, 0.3) is 0 Å². The van der Waals surface area contributed by atoms with E-state index in [4.69, 9.17) is 9.47 Å². The van der Waals surface area contributed by atoms with Gasteiger partial charge in [0.05, 0.1) is 6.54 Å². The van der Waals surface area contributed by atoms with Crippen LogP contribution in [0.15, 0.2) is 4.99 Å². The summed E-state index contributed by atoms with van der Waals surface area (Å²) in [5.41, 5.74) is 0. The second-order valence-corrected chi connectivity index (χ2v) is 5.89. The summed E-state index contributed by atoms with van der Waals surface area (Å²) in [6, 6.07) is 0. The van der Waals surface area contributed by atoms with Gasteiger partial charge < -0.3 is 14.4 Å². The predicted molar refractivity (Wildman–Crippen MR) is 70.6 cm³/mol. The fourth-order valence-electron chi connectivity index (χ4n) is 2.01. The van der Waals surface area contributed by atoms with Gasteiger partial charge in [0.2, 0.25) is 0 Å². The highest BCUT2D eigenvalue weighted by Crippen LogP contribution is 2.28. The Balaban J connectivity index is 1.93. The first-order valence-electron chi connectivity index (χ1n) is 5.36. The third-order valence-electron chi connectivity index (χ3n) is 2.97. The first kappa shape index (κ1) is 12.7. The number of alkyl halides is 1. The molecule has 2 aliphatic heterocycles. The molecule has 2 aliphatic rings. The van der Waals surface area contributed by atoms with Gasteiger partial charge in [0, 0.05) is 37.9 Å². The van der Waals surface area contributed by atoms with Crippen LogP contribution in [-0.4, -0.2) is 66.7 Å². The van der Waals surface area contributed by atoms with Crippen molar-refractivity contribution in [3.8, 4) is 0 Å². The molecule has 2 heterocycles. The monoisotopic (exact) mass is 308 g/mol. The van der Waals surface area contributed by atoms with E-state index in [2.05, 4.69) is 25.8 Å². The van der Waals surface area contributed by atoms with Crippen molar-refractivity contribution < 1.29 is 9.47 Å². The van der Waals surface area contributed by atoms with Crippen LogP contribution in [0.1, 0.15) is 0 Å². The van der Waals surface area contributed by atoms with Gasteiger partial charge in [-0.15, -0.1) is 0 Å². The lowest BCUT2D eigenvalue weighted by molar-refractivity contribution is -0.00461. The average Bonchev–Trinajstić information content (AvgIpc) is 2.94. The van der Waals surface area contributed by atoms with Crippen LogP contribution < -0.4 is 0 Å². The molecule has 3 unspecified atom stereocenters. The van der Waals surface area contributed by atoms with Crippen LogP contribution in [0.5, 0.6) is 0 Å². The summed E-state index contributed by atoms with van der Waals surface area (Å²) in [6.45, 7) is 2.68. The molecule has 0 spiro atoms. The molecule has 0 aromatic carbocycles. The standard InChI is InChI=1S/C10H17BrN2O2S/c1-14-8-5-13(6-9(8)15-2)10-12-4-7(3-11)16-10/h7-9H,3-6H2,1-2H3. The zero-order valence-electron chi connectivity index (χ0n) is 9.56. The van der Waals surface area contributed by atoms with E-state index < -0.39 is 0 Å². The molecule has 0 saturated carbocycles. The van der Waals surface area contributed by atoms with E-state index in [1.165, 1.54) is 0 Å². The van der Waals surface area contributed by atoms with Gasteiger partial charge in [-0.05, 0) is 0 Å². The van der Waals surface area contributed by atoms with Gasteiger partial charge in [-0.1, -0.05) is 27.7 Å². The SMILES string of the molecule is COC1CN(C2=NCC(CBr)S2)CC1OC. The molecule has 4 nitrogen and oxygen atoms in total. The molecule has 0 bridgehead atoms. The van der Waals surface area contributed by atoms with Crippen molar-refractivity contribution in [1.82, 2.24) is 4.90 Å². The van der Waals surface area contributed by atoms with E-state index in [9.17, 15) is 0 Å². The first-order valence-corrected chi connectivity index (χ1v) is 7.36. The topological polar surface area (TPSA) is 34.1 Å². The van der Waals surface area contributed by atoms with Crippen molar-refractivity contribution in [3.05, 3.63) is 0 Å². The van der Waals surface area contributed by atoms with Gasteiger partial charge in [-0.3, -0.25) is 4.99 Å². The maximum atomic E-state index is 5.42. The average molecular weight is 309 g/mol. The number of rotatable bonds is 3. The first-order chi connectivity index (χ1) is 7.78. The van der Waals surface area contributed by atoms with Crippen molar-refractivity contribution in [2.75, 3.05) is 39.2 Å². The molecule has 2 rings (SSSR count). The minimum absolute atomic E-state index is 0.163. The Morgan fingerprint density at radius 3 is 2.44 bits per heavy atom. The van der Waals surface area contributed by atoms with Crippen LogP contribution in [0.2, 0.25) is 0 Å². The summed E-state index contributed by atoms with van der Waals surface area (Å²) < 4.78 is 10.8. The summed E-state index contributed by atoms with van der Waals surface area (Å²) >= 11 is 5.35. The Kier molecular flexibility index (Phi) is 4.52. The summed E-state index contributed by atoms with van der Waals surface area (Å²) in [5, 5.41) is 2.73. The minimum Gasteiger partial charge on any atom is -0.377 e. The molecule has 16 heavy (non-hydrogen) atoms. The number of amidine groups is 1. The second-order valence-electron chi connectivity index (χ2n) is 3.97. The number of nitrogens with zero attached hydrogens (tertiary/aromatic N) is 2. The van der Waals surface area contributed by atoms with Gasteiger partial charge >= 0.3 is 0 Å². The number of likely N-dealkylation sites (tertiary alicyclic amines) is 1. The molecule has 0 aliphatic carbocycles. The molecule has 1 fully saturated rings. The van der Waals surface area contributed by atoms with Gasteiger partial charge in [-0.25, -0.2) is 0 Å². The zero-order chi connectivity index (χ0) is 11.5. The normalized spacial score (nSPS) is 34.6. The Bertz CT molecular complexity index is 266. The third kappa shape index (κ3) is 2.55. The molecule has 0 aromatic heterocycles. The van der Waals surface area contributed by atoms with E-state index >= 15 is 0 Å². The van der Waals surface area contributed by atoms with Crippen LogP contribution >= 0.6 is 27.7 Å². The Morgan fingerprint density at radius 1 is 1.38 bits per heavy atom. The lowest BCUT2D eigenvalue weighted by atomic mass is 10.3. The largest absolute Gasteiger partial charge is 0.377 e. The zero-order valence-corrected chi connectivity index (χ0v) is 12.0. The quantitative estimate of drug-likeness (QED) is 0.734. The molecule has 0 radical (unpaired) electrons. The number of aliphatic imine (C=N–C) groups is 1.